The Morgan fingerprint density at radius 1 is 1.19 bits per heavy atom. The summed E-state index contributed by atoms with van der Waals surface area (Å²) in [6.45, 7) is 0. The average Bonchev–Trinajstić information content (AvgIpc) is 2.46. The van der Waals surface area contributed by atoms with E-state index in [2.05, 4.69) is 0 Å². The second kappa shape index (κ2) is 6.43. The van der Waals surface area contributed by atoms with Gasteiger partial charge >= 0.3 is 0 Å². The van der Waals surface area contributed by atoms with E-state index in [9.17, 15) is 9.65 Å². The lowest BCUT2D eigenvalue weighted by molar-refractivity contribution is 0.624. The molecule has 21 heavy (non-hydrogen) atoms. The van der Waals surface area contributed by atoms with Gasteiger partial charge in [0.25, 0.3) is 0 Å². The molecule has 0 atom stereocenters. The van der Waals surface area contributed by atoms with Crippen molar-refractivity contribution >= 4 is 28.9 Å². The topological polar surface area (TPSA) is 27.0 Å². The van der Waals surface area contributed by atoms with Crippen LogP contribution in [0.4, 0.5) is 10.1 Å². The van der Waals surface area contributed by atoms with Crippen molar-refractivity contribution in [3.8, 4) is 6.07 Å². The minimum atomic E-state index is -0.500. The zero-order chi connectivity index (χ0) is 15.4. The Bertz CT molecular complexity index is 692. The van der Waals surface area contributed by atoms with Gasteiger partial charge in [-0.1, -0.05) is 29.8 Å². The molecule has 0 heterocycles. The molecule has 2 rings (SSSR count). The molecule has 0 aliphatic rings. The summed E-state index contributed by atoms with van der Waals surface area (Å²) in [5.74, 6) is -0.500. The first kappa shape index (κ1) is 15.1. The lowest BCUT2D eigenvalue weighted by atomic mass is 10.0. The number of benzene rings is 2. The highest BCUT2D eigenvalue weighted by Gasteiger charge is 2.12. The first-order chi connectivity index (χ1) is 10.0. The number of nitriles is 1. The maximum absolute atomic E-state index is 13.9. The Labute approximate surface area is 128 Å². The van der Waals surface area contributed by atoms with E-state index in [1.54, 1.807) is 12.1 Å². The minimum Gasteiger partial charge on any atom is -0.378 e. The van der Waals surface area contributed by atoms with Gasteiger partial charge < -0.3 is 4.90 Å². The van der Waals surface area contributed by atoms with Crippen molar-refractivity contribution < 1.29 is 4.39 Å². The maximum atomic E-state index is 13.9. The van der Waals surface area contributed by atoms with Gasteiger partial charge in [-0.05, 0) is 35.9 Å². The quantitative estimate of drug-likeness (QED) is 0.611. The smallest absolute Gasteiger partial charge is 0.133 e. The van der Waals surface area contributed by atoms with Gasteiger partial charge in [-0.15, -0.1) is 0 Å². The molecule has 0 fully saturated rings. The van der Waals surface area contributed by atoms with Gasteiger partial charge in [0.05, 0.1) is 16.7 Å². The van der Waals surface area contributed by atoms with Crippen LogP contribution in [0.5, 0.6) is 0 Å². The summed E-state index contributed by atoms with van der Waals surface area (Å²) in [5.41, 5.74) is 2.21. The first-order valence-corrected chi connectivity index (χ1v) is 6.74. The van der Waals surface area contributed by atoms with E-state index >= 15 is 0 Å². The Kier molecular flexibility index (Phi) is 4.62. The zero-order valence-corrected chi connectivity index (χ0v) is 12.5. The van der Waals surface area contributed by atoms with Crippen molar-refractivity contribution in [2.75, 3.05) is 19.0 Å². The summed E-state index contributed by atoms with van der Waals surface area (Å²) in [7, 11) is 3.90. The normalized spacial score (nSPS) is 11.1. The molecule has 0 radical (unpaired) electrons. The zero-order valence-electron chi connectivity index (χ0n) is 11.8. The SMILES string of the molecule is CN(C)c1ccc(/C=C(\C#N)c2c(F)cccc2Cl)cc1. The molecule has 0 saturated carbocycles. The summed E-state index contributed by atoms with van der Waals surface area (Å²) in [6, 6.07) is 14.0. The number of nitrogens with zero attached hydrogens (tertiary/aromatic N) is 2. The van der Waals surface area contributed by atoms with Gasteiger partial charge in [0.2, 0.25) is 0 Å². The predicted octanol–water partition coefficient (Wildman–Crippen LogP) is 4.61. The highest BCUT2D eigenvalue weighted by Crippen LogP contribution is 2.28. The molecular formula is C17H14ClFN2. The maximum Gasteiger partial charge on any atom is 0.133 e. The fourth-order valence-electron chi connectivity index (χ4n) is 1.95. The molecule has 0 saturated heterocycles. The van der Waals surface area contributed by atoms with Crippen molar-refractivity contribution in [2.24, 2.45) is 0 Å². The Balaban J connectivity index is 2.44. The lowest BCUT2D eigenvalue weighted by Crippen LogP contribution is -2.07. The second-order valence-corrected chi connectivity index (χ2v) is 5.16. The third-order valence-electron chi connectivity index (χ3n) is 3.07. The first-order valence-electron chi connectivity index (χ1n) is 6.36. The molecule has 0 unspecified atom stereocenters. The van der Waals surface area contributed by atoms with E-state index in [1.807, 2.05) is 49.3 Å². The number of halogens is 2. The van der Waals surface area contributed by atoms with E-state index in [1.165, 1.54) is 12.1 Å². The van der Waals surface area contributed by atoms with Crippen molar-refractivity contribution in [2.45, 2.75) is 0 Å². The van der Waals surface area contributed by atoms with Crippen LogP contribution in [0.2, 0.25) is 5.02 Å². The number of anilines is 1. The average molecular weight is 301 g/mol. The summed E-state index contributed by atoms with van der Waals surface area (Å²) in [6.07, 6.45) is 1.63. The van der Waals surface area contributed by atoms with Gasteiger partial charge in [-0.3, -0.25) is 0 Å². The van der Waals surface area contributed by atoms with Gasteiger partial charge in [0.15, 0.2) is 0 Å². The fraction of sp³-hybridized carbons (Fsp3) is 0.118. The molecule has 2 aromatic carbocycles. The third-order valence-corrected chi connectivity index (χ3v) is 3.39. The van der Waals surface area contributed by atoms with Gasteiger partial charge in [0, 0.05) is 25.3 Å². The van der Waals surface area contributed by atoms with Crippen LogP contribution >= 0.6 is 11.6 Å². The lowest BCUT2D eigenvalue weighted by Gasteiger charge is -2.12. The summed E-state index contributed by atoms with van der Waals surface area (Å²) in [5, 5.41) is 9.51. The van der Waals surface area contributed by atoms with Crippen LogP contribution in [-0.4, -0.2) is 14.1 Å². The molecule has 4 heteroatoms. The molecule has 2 aromatic rings. The molecule has 0 amide bonds. The van der Waals surface area contributed by atoms with Crippen LogP contribution < -0.4 is 4.90 Å². The Morgan fingerprint density at radius 3 is 2.38 bits per heavy atom. The fourth-order valence-corrected chi connectivity index (χ4v) is 2.22. The number of hydrogen-bond donors (Lipinski definition) is 0. The Morgan fingerprint density at radius 2 is 1.86 bits per heavy atom. The third kappa shape index (κ3) is 3.42. The van der Waals surface area contributed by atoms with Crippen molar-refractivity contribution in [3.63, 3.8) is 0 Å². The van der Waals surface area contributed by atoms with Crippen molar-refractivity contribution in [1.29, 1.82) is 5.26 Å². The summed E-state index contributed by atoms with van der Waals surface area (Å²) < 4.78 is 13.9. The van der Waals surface area contributed by atoms with Crippen LogP contribution in [0.1, 0.15) is 11.1 Å². The molecule has 0 bridgehead atoms. The summed E-state index contributed by atoms with van der Waals surface area (Å²) in [4.78, 5) is 1.98. The van der Waals surface area contributed by atoms with E-state index in [0.717, 1.165) is 11.3 Å². The van der Waals surface area contributed by atoms with Crippen LogP contribution in [0, 0.1) is 17.1 Å². The monoisotopic (exact) mass is 300 g/mol. The van der Waals surface area contributed by atoms with Crippen molar-refractivity contribution in [3.05, 3.63) is 64.4 Å². The van der Waals surface area contributed by atoms with Crippen molar-refractivity contribution in [1.82, 2.24) is 0 Å². The van der Waals surface area contributed by atoms with E-state index in [4.69, 9.17) is 11.6 Å². The van der Waals surface area contributed by atoms with Crippen LogP contribution in [-0.2, 0) is 0 Å². The molecule has 2 nitrogen and oxygen atoms in total. The highest BCUT2D eigenvalue weighted by atomic mass is 35.5. The molecule has 0 aromatic heterocycles. The predicted molar refractivity (Wildman–Crippen MR) is 85.7 cm³/mol. The Hall–Kier alpha value is -2.31. The van der Waals surface area contributed by atoms with Crippen LogP contribution in [0.3, 0.4) is 0 Å². The highest BCUT2D eigenvalue weighted by molar-refractivity contribution is 6.32. The molecule has 0 N–H and O–H groups in total. The van der Waals surface area contributed by atoms with Gasteiger partial charge in [-0.2, -0.15) is 5.26 Å². The van der Waals surface area contributed by atoms with Crippen LogP contribution in [0.15, 0.2) is 42.5 Å². The van der Waals surface area contributed by atoms with Gasteiger partial charge in [-0.25, -0.2) is 4.39 Å². The molecule has 0 aliphatic heterocycles. The second-order valence-electron chi connectivity index (χ2n) is 4.75. The number of rotatable bonds is 3. The molecule has 0 aliphatic carbocycles. The van der Waals surface area contributed by atoms with Crippen LogP contribution in [0.25, 0.3) is 11.6 Å². The van der Waals surface area contributed by atoms with E-state index in [0.29, 0.717) is 0 Å². The number of allylic oxidation sites excluding steroid dienone is 1. The largest absolute Gasteiger partial charge is 0.378 e. The molecule has 106 valence electrons. The van der Waals surface area contributed by atoms with Gasteiger partial charge in [0.1, 0.15) is 5.82 Å². The molecular weight excluding hydrogens is 287 g/mol. The van der Waals surface area contributed by atoms with E-state index < -0.39 is 5.82 Å². The number of hydrogen-bond acceptors (Lipinski definition) is 2. The summed E-state index contributed by atoms with van der Waals surface area (Å²) >= 11 is 6.00. The minimum absolute atomic E-state index is 0.137. The standard InChI is InChI=1S/C17H14ClFN2/c1-21(2)14-8-6-12(7-9-14)10-13(11-20)17-15(18)4-3-5-16(17)19/h3-10H,1-2H3/b13-10+. The molecule has 0 spiro atoms. The van der Waals surface area contributed by atoms with E-state index in [-0.39, 0.29) is 16.2 Å².